The highest BCUT2D eigenvalue weighted by Gasteiger charge is 2.18. The van der Waals surface area contributed by atoms with Crippen LogP contribution in [0.3, 0.4) is 0 Å². The molecule has 4 nitrogen and oxygen atoms in total. The second kappa shape index (κ2) is 7.38. The van der Waals surface area contributed by atoms with Crippen molar-refractivity contribution in [2.75, 3.05) is 13.1 Å². The zero-order valence-corrected chi connectivity index (χ0v) is 13.4. The number of rotatable bonds is 7. The number of thiophene rings is 2. The Balaban J connectivity index is 2.05. The molecular weight excluding hydrogens is 306 g/mol. The summed E-state index contributed by atoms with van der Waals surface area (Å²) < 4.78 is 0. The van der Waals surface area contributed by atoms with Gasteiger partial charge in [-0.05, 0) is 36.4 Å². The molecule has 0 fully saturated rings. The molecule has 112 valence electrons. The molecule has 2 aromatic heterocycles. The van der Waals surface area contributed by atoms with Gasteiger partial charge in [-0.15, -0.1) is 22.7 Å². The van der Waals surface area contributed by atoms with Crippen molar-refractivity contribution in [2.24, 2.45) is 0 Å². The topological polar surface area (TPSA) is 57.6 Å². The molecule has 2 heterocycles. The first kappa shape index (κ1) is 15.7. The summed E-state index contributed by atoms with van der Waals surface area (Å²) in [5.74, 6) is -1.06. The fourth-order valence-electron chi connectivity index (χ4n) is 2.01. The van der Waals surface area contributed by atoms with Crippen molar-refractivity contribution in [3.05, 3.63) is 44.3 Å². The van der Waals surface area contributed by atoms with Crippen molar-refractivity contribution in [1.29, 1.82) is 0 Å². The van der Waals surface area contributed by atoms with Crippen LogP contribution in [0.25, 0.3) is 0 Å². The lowest BCUT2D eigenvalue weighted by Gasteiger charge is -2.21. The molecular formula is C15H17NO3S2. The molecule has 0 aliphatic heterocycles. The lowest BCUT2D eigenvalue weighted by molar-refractivity contribution is 0.0701. The highest BCUT2D eigenvalue weighted by molar-refractivity contribution is 7.15. The third-order valence-corrected chi connectivity index (χ3v) is 5.01. The summed E-state index contributed by atoms with van der Waals surface area (Å²) >= 11 is 2.72. The molecule has 0 atom stereocenters. The lowest BCUT2D eigenvalue weighted by atomic mass is 10.3. The van der Waals surface area contributed by atoms with Crippen LogP contribution < -0.4 is 0 Å². The molecule has 0 spiro atoms. The van der Waals surface area contributed by atoms with E-state index in [4.69, 9.17) is 5.11 Å². The predicted octanol–water partition coefficient (Wildman–Crippen LogP) is 3.60. The molecule has 1 amide bonds. The number of carbonyl (C=O) groups excluding carboxylic acids is 1. The van der Waals surface area contributed by atoms with Crippen molar-refractivity contribution in [2.45, 2.75) is 19.8 Å². The van der Waals surface area contributed by atoms with Gasteiger partial charge in [-0.3, -0.25) is 4.79 Å². The van der Waals surface area contributed by atoms with Crippen LogP contribution in [0.1, 0.15) is 37.6 Å². The van der Waals surface area contributed by atoms with Crippen LogP contribution >= 0.6 is 22.7 Å². The Labute approximate surface area is 131 Å². The molecule has 6 heteroatoms. The molecule has 1 N–H and O–H groups in total. The molecule has 2 aromatic rings. The van der Waals surface area contributed by atoms with E-state index in [1.165, 1.54) is 10.9 Å². The van der Waals surface area contributed by atoms with E-state index < -0.39 is 5.97 Å². The van der Waals surface area contributed by atoms with Gasteiger partial charge >= 0.3 is 5.97 Å². The SMILES string of the molecule is CCCN(CCc1cccs1)C(=O)c1ccc(C(=O)O)s1. The van der Waals surface area contributed by atoms with Gasteiger partial charge in [0.25, 0.3) is 5.91 Å². The molecule has 0 aliphatic rings. The average molecular weight is 323 g/mol. The second-order valence-electron chi connectivity index (χ2n) is 4.59. The number of nitrogens with zero attached hydrogens (tertiary/aromatic N) is 1. The van der Waals surface area contributed by atoms with Gasteiger partial charge in [-0.2, -0.15) is 0 Å². The van der Waals surface area contributed by atoms with E-state index in [9.17, 15) is 9.59 Å². The fourth-order valence-corrected chi connectivity index (χ4v) is 3.52. The summed E-state index contributed by atoms with van der Waals surface area (Å²) in [6, 6.07) is 7.16. The number of carboxylic acids is 1. The molecule has 2 rings (SSSR count). The van der Waals surface area contributed by atoms with Crippen LogP contribution in [0.15, 0.2) is 29.6 Å². The van der Waals surface area contributed by atoms with Gasteiger partial charge in [-0.1, -0.05) is 13.0 Å². The van der Waals surface area contributed by atoms with Gasteiger partial charge in [0.2, 0.25) is 0 Å². The molecule has 0 aliphatic carbocycles. The van der Waals surface area contributed by atoms with Crippen molar-refractivity contribution in [3.63, 3.8) is 0 Å². The molecule has 21 heavy (non-hydrogen) atoms. The molecule has 0 bridgehead atoms. The van der Waals surface area contributed by atoms with E-state index in [0.29, 0.717) is 18.0 Å². The predicted molar refractivity (Wildman–Crippen MR) is 85.5 cm³/mol. The van der Waals surface area contributed by atoms with Gasteiger partial charge in [0.15, 0.2) is 0 Å². The number of hydrogen-bond acceptors (Lipinski definition) is 4. The third-order valence-electron chi connectivity index (χ3n) is 3.02. The van der Waals surface area contributed by atoms with Crippen molar-refractivity contribution < 1.29 is 14.7 Å². The molecule has 0 saturated heterocycles. The monoisotopic (exact) mass is 323 g/mol. The number of carboxylic acid groups (broad SMARTS) is 1. The first-order chi connectivity index (χ1) is 10.1. The average Bonchev–Trinajstić information content (AvgIpc) is 3.13. The molecule has 0 saturated carbocycles. The van der Waals surface area contributed by atoms with E-state index in [-0.39, 0.29) is 10.8 Å². The Morgan fingerprint density at radius 1 is 1.19 bits per heavy atom. The minimum atomic E-state index is -0.986. The smallest absolute Gasteiger partial charge is 0.345 e. The highest BCUT2D eigenvalue weighted by Crippen LogP contribution is 2.19. The number of carbonyl (C=O) groups is 2. The number of amides is 1. The van der Waals surface area contributed by atoms with Gasteiger partial charge in [-0.25, -0.2) is 4.79 Å². The maximum atomic E-state index is 12.5. The Bertz CT molecular complexity index is 604. The van der Waals surface area contributed by atoms with Crippen LogP contribution in [0.2, 0.25) is 0 Å². The van der Waals surface area contributed by atoms with Gasteiger partial charge in [0.1, 0.15) is 4.88 Å². The Morgan fingerprint density at radius 3 is 2.52 bits per heavy atom. The second-order valence-corrected chi connectivity index (χ2v) is 6.71. The first-order valence-electron chi connectivity index (χ1n) is 6.76. The van der Waals surface area contributed by atoms with Gasteiger partial charge in [0, 0.05) is 18.0 Å². The quantitative estimate of drug-likeness (QED) is 0.847. The van der Waals surface area contributed by atoms with Gasteiger partial charge < -0.3 is 10.0 Å². The largest absolute Gasteiger partial charge is 0.477 e. The first-order valence-corrected chi connectivity index (χ1v) is 8.46. The van der Waals surface area contributed by atoms with E-state index in [2.05, 4.69) is 6.07 Å². The summed E-state index contributed by atoms with van der Waals surface area (Å²) in [4.78, 5) is 27.1. The van der Waals surface area contributed by atoms with Crippen LogP contribution in [0.4, 0.5) is 0 Å². The minimum absolute atomic E-state index is 0.0779. The minimum Gasteiger partial charge on any atom is -0.477 e. The summed E-state index contributed by atoms with van der Waals surface area (Å²) in [5, 5.41) is 11.0. The summed E-state index contributed by atoms with van der Waals surface area (Å²) in [6.07, 6.45) is 1.72. The Morgan fingerprint density at radius 2 is 1.95 bits per heavy atom. The van der Waals surface area contributed by atoms with Crippen LogP contribution in [0, 0.1) is 0 Å². The van der Waals surface area contributed by atoms with Crippen molar-refractivity contribution in [3.8, 4) is 0 Å². The standard InChI is InChI=1S/C15H17NO3S2/c1-2-8-16(9-7-11-4-3-10-20-11)14(17)12-5-6-13(21-12)15(18)19/h3-6,10H,2,7-9H2,1H3,(H,18,19). The van der Waals surface area contributed by atoms with E-state index in [0.717, 1.165) is 24.2 Å². The van der Waals surface area contributed by atoms with Crippen LogP contribution in [0.5, 0.6) is 0 Å². The third kappa shape index (κ3) is 4.15. The van der Waals surface area contributed by atoms with E-state index >= 15 is 0 Å². The summed E-state index contributed by atoms with van der Waals surface area (Å²) in [7, 11) is 0. The van der Waals surface area contributed by atoms with Crippen molar-refractivity contribution >= 4 is 34.6 Å². The zero-order chi connectivity index (χ0) is 15.2. The highest BCUT2D eigenvalue weighted by atomic mass is 32.1. The zero-order valence-electron chi connectivity index (χ0n) is 11.7. The van der Waals surface area contributed by atoms with Crippen LogP contribution in [-0.2, 0) is 6.42 Å². The molecule has 0 unspecified atom stereocenters. The summed E-state index contributed by atoms with van der Waals surface area (Å²) in [5.41, 5.74) is 0. The van der Waals surface area contributed by atoms with E-state index in [1.807, 2.05) is 18.4 Å². The number of hydrogen-bond donors (Lipinski definition) is 1. The molecule has 0 radical (unpaired) electrons. The molecule has 0 aromatic carbocycles. The van der Waals surface area contributed by atoms with Crippen molar-refractivity contribution in [1.82, 2.24) is 4.90 Å². The lowest BCUT2D eigenvalue weighted by Crippen LogP contribution is -2.33. The maximum Gasteiger partial charge on any atom is 0.345 e. The maximum absolute atomic E-state index is 12.5. The van der Waals surface area contributed by atoms with E-state index in [1.54, 1.807) is 22.3 Å². The Kier molecular flexibility index (Phi) is 5.52. The normalized spacial score (nSPS) is 10.5. The Hall–Kier alpha value is -1.66. The van der Waals surface area contributed by atoms with Crippen LogP contribution in [-0.4, -0.2) is 35.0 Å². The summed E-state index contributed by atoms with van der Waals surface area (Å²) in [6.45, 7) is 3.38. The van der Waals surface area contributed by atoms with Gasteiger partial charge in [0.05, 0.1) is 4.88 Å². The number of aromatic carboxylic acids is 1. The fraction of sp³-hybridized carbons (Fsp3) is 0.333.